The fourth-order valence-electron chi connectivity index (χ4n) is 1.50. The van der Waals surface area contributed by atoms with Gasteiger partial charge in [0.1, 0.15) is 0 Å². The number of anilines is 1. The fraction of sp³-hybridized carbons (Fsp3) is 0.308. The van der Waals surface area contributed by atoms with E-state index >= 15 is 0 Å². The van der Waals surface area contributed by atoms with Crippen LogP contribution in [0.1, 0.15) is 12.5 Å². The highest BCUT2D eigenvalue weighted by Gasteiger charge is 2.07. The number of amides is 1. The first-order valence-corrected chi connectivity index (χ1v) is 7.40. The molecule has 0 radical (unpaired) electrons. The number of rotatable bonds is 7. The van der Waals surface area contributed by atoms with E-state index in [4.69, 9.17) is 4.74 Å². The monoisotopic (exact) mass is 292 g/mol. The number of aromatic amines is 1. The second-order valence-electron chi connectivity index (χ2n) is 3.93. The highest BCUT2D eigenvalue weighted by atomic mass is 32.2. The first-order valence-electron chi connectivity index (χ1n) is 6.24. The number of carbonyl (C=O) groups is 1. The molecule has 0 aliphatic heterocycles. The van der Waals surface area contributed by atoms with E-state index in [2.05, 4.69) is 20.5 Å². The van der Waals surface area contributed by atoms with Crippen molar-refractivity contribution in [3.05, 3.63) is 35.9 Å². The molecule has 106 valence electrons. The quantitative estimate of drug-likeness (QED) is 0.816. The molecule has 0 saturated carbocycles. The van der Waals surface area contributed by atoms with Gasteiger partial charge >= 0.3 is 6.01 Å². The number of hydrogen-bond acceptors (Lipinski definition) is 5. The third-order valence-corrected chi connectivity index (χ3v) is 3.34. The van der Waals surface area contributed by atoms with Gasteiger partial charge in [0.05, 0.1) is 12.4 Å². The molecule has 20 heavy (non-hydrogen) atoms. The third-order valence-electron chi connectivity index (χ3n) is 2.34. The van der Waals surface area contributed by atoms with E-state index < -0.39 is 0 Å². The summed E-state index contributed by atoms with van der Waals surface area (Å²) in [4.78, 5) is 15.7. The molecule has 1 aromatic carbocycles. The number of nitrogens with zero attached hydrogens (tertiary/aromatic N) is 2. The van der Waals surface area contributed by atoms with Crippen molar-refractivity contribution in [3.8, 4) is 6.01 Å². The van der Waals surface area contributed by atoms with E-state index in [1.54, 1.807) is 11.8 Å². The molecule has 0 bridgehead atoms. The molecule has 1 aromatic heterocycles. The van der Waals surface area contributed by atoms with Crippen molar-refractivity contribution in [2.45, 2.75) is 12.7 Å². The second kappa shape index (κ2) is 7.54. The van der Waals surface area contributed by atoms with Crippen LogP contribution < -0.4 is 10.1 Å². The van der Waals surface area contributed by atoms with Gasteiger partial charge in [0, 0.05) is 5.75 Å². The smallest absolute Gasteiger partial charge is 0.337 e. The van der Waals surface area contributed by atoms with Gasteiger partial charge in [-0.25, -0.2) is 5.10 Å². The number of carbonyl (C=O) groups excluding carboxylic acids is 1. The van der Waals surface area contributed by atoms with Crippen LogP contribution in [0.2, 0.25) is 0 Å². The minimum absolute atomic E-state index is 0.120. The van der Waals surface area contributed by atoms with Crippen LogP contribution in [-0.2, 0) is 10.5 Å². The van der Waals surface area contributed by atoms with Gasteiger partial charge in [0.2, 0.25) is 11.9 Å². The summed E-state index contributed by atoms with van der Waals surface area (Å²) in [6, 6.07) is 10.3. The van der Waals surface area contributed by atoms with Crippen LogP contribution in [0.15, 0.2) is 30.3 Å². The van der Waals surface area contributed by atoms with Crippen molar-refractivity contribution in [1.82, 2.24) is 15.2 Å². The largest absolute Gasteiger partial charge is 0.463 e. The van der Waals surface area contributed by atoms with E-state index in [0.29, 0.717) is 18.3 Å². The highest BCUT2D eigenvalue weighted by Crippen LogP contribution is 2.12. The van der Waals surface area contributed by atoms with E-state index in [9.17, 15) is 4.79 Å². The van der Waals surface area contributed by atoms with Crippen LogP contribution in [-0.4, -0.2) is 33.4 Å². The molecule has 0 atom stereocenters. The Hall–Kier alpha value is -2.02. The van der Waals surface area contributed by atoms with Crippen LogP contribution in [0.25, 0.3) is 0 Å². The predicted molar refractivity (Wildman–Crippen MR) is 78.8 cm³/mol. The lowest BCUT2D eigenvalue weighted by atomic mass is 10.2. The second-order valence-corrected chi connectivity index (χ2v) is 4.91. The maximum Gasteiger partial charge on any atom is 0.337 e. The van der Waals surface area contributed by atoms with Crippen molar-refractivity contribution in [2.75, 3.05) is 17.7 Å². The summed E-state index contributed by atoms with van der Waals surface area (Å²) in [6.07, 6.45) is 0. The lowest BCUT2D eigenvalue weighted by molar-refractivity contribution is -0.113. The van der Waals surface area contributed by atoms with Gasteiger partial charge in [0.25, 0.3) is 0 Å². The Morgan fingerprint density at radius 2 is 2.20 bits per heavy atom. The number of aromatic nitrogens is 3. The molecule has 0 aliphatic rings. The summed E-state index contributed by atoms with van der Waals surface area (Å²) in [6.45, 7) is 2.33. The standard InChI is InChI=1S/C13H16N4O2S/c1-2-19-13-15-12(16-17-13)14-11(18)9-20-8-10-6-4-3-5-7-10/h3-7H,2,8-9H2,1H3,(H2,14,15,16,17,18). The van der Waals surface area contributed by atoms with Gasteiger partial charge in [-0.05, 0) is 12.5 Å². The molecular weight excluding hydrogens is 276 g/mol. The van der Waals surface area contributed by atoms with Crippen molar-refractivity contribution in [1.29, 1.82) is 0 Å². The molecule has 0 unspecified atom stereocenters. The predicted octanol–water partition coefficient (Wildman–Crippen LogP) is 2.08. The first kappa shape index (κ1) is 14.4. The maximum atomic E-state index is 11.7. The van der Waals surface area contributed by atoms with Crippen molar-refractivity contribution in [2.24, 2.45) is 0 Å². The molecule has 0 aliphatic carbocycles. The maximum absolute atomic E-state index is 11.7. The van der Waals surface area contributed by atoms with Gasteiger partial charge < -0.3 is 4.74 Å². The van der Waals surface area contributed by atoms with Crippen LogP contribution in [0, 0.1) is 0 Å². The van der Waals surface area contributed by atoms with Crippen molar-refractivity contribution >= 4 is 23.6 Å². The molecule has 0 saturated heterocycles. The molecule has 0 spiro atoms. The molecule has 1 heterocycles. The van der Waals surface area contributed by atoms with E-state index in [1.165, 1.54) is 5.56 Å². The highest BCUT2D eigenvalue weighted by molar-refractivity contribution is 7.99. The Morgan fingerprint density at radius 3 is 2.95 bits per heavy atom. The molecule has 0 fully saturated rings. The summed E-state index contributed by atoms with van der Waals surface area (Å²) < 4.78 is 5.10. The number of thioether (sulfide) groups is 1. The molecule has 2 N–H and O–H groups in total. The third kappa shape index (κ3) is 4.58. The van der Waals surface area contributed by atoms with Gasteiger partial charge in [-0.2, -0.15) is 4.98 Å². The topological polar surface area (TPSA) is 79.9 Å². The average Bonchev–Trinajstić information content (AvgIpc) is 2.88. The molecular formula is C13H16N4O2S. The van der Waals surface area contributed by atoms with Gasteiger partial charge in [0.15, 0.2) is 0 Å². The van der Waals surface area contributed by atoms with Gasteiger partial charge in [-0.1, -0.05) is 30.3 Å². The summed E-state index contributed by atoms with van der Waals surface area (Å²) in [5.41, 5.74) is 1.20. The Kier molecular flexibility index (Phi) is 5.43. The Labute approximate surface area is 121 Å². The fourth-order valence-corrected chi connectivity index (χ4v) is 2.29. The summed E-state index contributed by atoms with van der Waals surface area (Å²) >= 11 is 1.55. The summed E-state index contributed by atoms with van der Waals surface area (Å²) in [5, 5.41) is 9.05. The zero-order valence-electron chi connectivity index (χ0n) is 11.1. The molecule has 7 heteroatoms. The molecule has 6 nitrogen and oxygen atoms in total. The van der Waals surface area contributed by atoms with Crippen molar-refractivity contribution in [3.63, 3.8) is 0 Å². The Morgan fingerprint density at radius 1 is 1.40 bits per heavy atom. The summed E-state index contributed by atoms with van der Waals surface area (Å²) in [5.74, 6) is 1.35. The Bertz CT molecular complexity index is 544. The SMILES string of the molecule is CCOc1n[nH]c(NC(=O)CSCc2ccccc2)n1. The van der Waals surface area contributed by atoms with Crippen LogP contribution in [0.5, 0.6) is 6.01 Å². The van der Waals surface area contributed by atoms with Gasteiger partial charge in [-0.3, -0.25) is 10.1 Å². The minimum Gasteiger partial charge on any atom is -0.463 e. The van der Waals surface area contributed by atoms with E-state index in [1.807, 2.05) is 37.3 Å². The first-order chi connectivity index (χ1) is 9.78. The van der Waals surface area contributed by atoms with Crippen LogP contribution in [0.3, 0.4) is 0 Å². The Balaban J connectivity index is 1.72. The van der Waals surface area contributed by atoms with Gasteiger partial charge in [-0.15, -0.1) is 16.9 Å². The van der Waals surface area contributed by atoms with E-state index in [-0.39, 0.29) is 11.9 Å². The number of hydrogen-bond donors (Lipinski definition) is 2. The van der Waals surface area contributed by atoms with Crippen LogP contribution in [0.4, 0.5) is 5.95 Å². The molecule has 2 rings (SSSR count). The van der Waals surface area contributed by atoms with Crippen LogP contribution >= 0.6 is 11.8 Å². The average molecular weight is 292 g/mol. The van der Waals surface area contributed by atoms with Crippen molar-refractivity contribution < 1.29 is 9.53 Å². The lowest BCUT2D eigenvalue weighted by Gasteiger charge is -2.02. The molecule has 2 aromatic rings. The van der Waals surface area contributed by atoms with E-state index in [0.717, 1.165) is 5.75 Å². The number of benzene rings is 1. The minimum atomic E-state index is -0.120. The zero-order chi connectivity index (χ0) is 14.2. The normalized spacial score (nSPS) is 10.2. The number of nitrogens with one attached hydrogen (secondary N) is 2. The zero-order valence-corrected chi connectivity index (χ0v) is 11.9. The molecule has 1 amide bonds. The number of ether oxygens (including phenoxy) is 1. The number of H-pyrrole nitrogens is 1. The summed E-state index contributed by atoms with van der Waals surface area (Å²) in [7, 11) is 0. The lowest BCUT2D eigenvalue weighted by Crippen LogP contribution is -2.15.